The molecule has 2 atom stereocenters. The monoisotopic (exact) mass is 471 g/mol. The van der Waals surface area contributed by atoms with Crippen molar-refractivity contribution in [3.8, 4) is 0 Å². The fraction of sp³-hybridized carbons (Fsp3) is 0.550. The smallest absolute Gasteiger partial charge is 0.329 e. The number of carbonyl (C=O) groups is 3. The van der Waals surface area contributed by atoms with Gasteiger partial charge >= 0.3 is 5.97 Å². The summed E-state index contributed by atoms with van der Waals surface area (Å²) < 4.78 is 5.30. The van der Waals surface area contributed by atoms with Gasteiger partial charge in [0.05, 0.1) is 15.5 Å². The third kappa shape index (κ3) is 7.39. The Labute approximate surface area is 189 Å². The number of nitro groups is 1. The first-order valence-corrected chi connectivity index (χ1v) is 11.7. The molecular formula is C20H26ClN3O6S. The summed E-state index contributed by atoms with van der Waals surface area (Å²) in [5, 5.41) is 16.2. The van der Waals surface area contributed by atoms with Crippen molar-refractivity contribution in [1.82, 2.24) is 10.6 Å². The molecule has 9 nitrogen and oxygen atoms in total. The predicted molar refractivity (Wildman–Crippen MR) is 118 cm³/mol. The average molecular weight is 472 g/mol. The van der Waals surface area contributed by atoms with Gasteiger partial charge in [0.1, 0.15) is 6.04 Å². The number of halogens is 1. The Bertz CT molecular complexity index is 831. The maximum atomic E-state index is 12.6. The minimum atomic E-state index is -0.996. The van der Waals surface area contributed by atoms with Gasteiger partial charge in [-0.05, 0) is 44.3 Å². The normalized spacial score (nSPS) is 15.7. The molecule has 1 aliphatic carbocycles. The largest absolute Gasteiger partial charge is 0.451 e. The summed E-state index contributed by atoms with van der Waals surface area (Å²) in [6, 6.07) is 2.56. The number of ether oxygens (including phenoxy) is 1. The molecule has 0 bridgehead atoms. The van der Waals surface area contributed by atoms with E-state index in [-0.39, 0.29) is 34.6 Å². The average Bonchev–Trinajstić information content (AvgIpc) is 3.23. The minimum Gasteiger partial charge on any atom is -0.451 e. The van der Waals surface area contributed by atoms with Crippen LogP contribution >= 0.6 is 23.4 Å². The van der Waals surface area contributed by atoms with E-state index in [0.29, 0.717) is 5.75 Å². The molecular weight excluding hydrogens is 446 g/mol. The number of thioether (sulfide) groups is 1. The van der Waals surface area contributed by atoms with Crippen LogP contribution in [0.1, 0.15) is 49.4 Å². The first kappa shape index (κ1) is 24.9. The Kier molecular flexibility index (Phi) is 9.57. The van der Waals surface area contributed by atoms with Crippen molar-refractivity contribution in [2.75, 3.05) is 12.0 Å². The number of nitro benzene ring substituents is 1. The number of nitrogens with zero attached hydrogens (tertiary/aromatic N) is 1. The van der Waals surface area contributed by atoms with Gasteiger partial charge in [0.2, 0.25) is 0 Å². The van der Waals surface area contributed by atoms with E-state index in [1.54, 1.807) is 0 Å². The van der Waals surface area contributed by atoms with Gasteiger partial charge in [-0.2, -0.15) is 11.8 Å². The van der Waals surface area contributed by atoms with Crippen LogP contribution in [0.3, 0.4) is 0 Å². The van der Waals surface area contributed by atoms with Gasteiger partial charge in [-0.15, -0.1) is 0 Å². The van der Waals surface area contributed by atoms with Crippen molar-refractivity contribution < 1.29 is 24.0 Å². The minimum absolute atomic E-state index is 0.00115. The lowest BCUT2D eigenvalue weighted by Crippen LogP contribution is -2.46. The van der Waals surface area contributed by atoms with Crippen molar-refractivity contribution in [1.29, 1.82) is 0 Å². The van der Waals surface area contributed by atoms with Crippen molar-refractivity contribution in [3.63, 3.8) is 0 Å². The van der Waals surface area contributed by atoms with Gasteiger partial charge in [-0.3, -0.25) is 19.7 Å². The van der Waals surface area contributed by atoms with Crippen molar-refractivity contribution in [3.05, 3.63) is 38.9 Å². The molecule has 0 saturated heterocycles. The Morgan fingerprint density at radius 3 is 2.58 bits per heavy atom. The fourth-order valence-corrected chi connectivity index (χ4v) is 3.95. The highest BCUT2D eigenvalue weighted by molar-refractivity contribution is 7.98. The van der Waals surface area contributed by atoms with Crippen LogP contribution in [0, 0.1) is 10.1 Å². The third-order valence-electron chi connectivity index (χ3n) is 4.97. The second kappa shape index (κ2) is 11.9. The molecule has 2 unspecified atom stereocenters. The first-order chi connectivity index (χ1) is 14.7. The molecule has 0 aromatic heterocycles. The topological polar surface area (TPSA) is 128 Å². The van der Waals surface area contributed by atoms with Gasteiger partial charge in [0.25, 0.3) is 17.5 Å². The zero-order chi connectivity index (χ0) is 23.0. The summed E-state index contributed by atoms with van der Waals surface area (Å²) in [5.41, 5.74) is -0.247. The molecule has 2 N–H and O–H groups in total. The molecule has 1 aromatic carbocycles. The van der Waals surface area contributed by atoms with E-state index in [4.69, 9.17) is 16.3 Å². The number of hydrogen-bond acceptors (Lipinski definition) is 7. The van der Waals surface area contributed by atoms with Gasteiger partial charge in [-0.25, -0.2) is 4.79 Å². The number of rotatable bonds is 10. The Morgan fingerprint density at radius 1 is 1.32 bits per heavy atom. The molecule has 0 aliphatic heterocycles. The molecule has 11 heteroatoms. The van der Waals surface area contributed by atoms with Crippen molar-refractivity contribution in [2.24, 2.45) is 0 Å². The van der Waals surface area contributed by atoms with Gasteiger partial charge < -0.3 is 15.4 Å². The third-order valence-corrected chi connectivity index (χ3v) is 5.93. The van der Waals surface area contributed by atoms with Crippen LogP contribution in [0.5, 0.6) is 0 Å². The van der Waals surface area contributed by atoms with E-state index in [0.717, 1.165) is 37.8 Å². The number of nitrogens with one attached hydrogen (secondary N) is 2. The molecule has 2 amide bonds. The van der Waals surface area contributed by atoms with Crippen molar-refractivity contribution >= 4 is 46.8 Å². The summed E-state index contributed by atoms with van der Waals surface area (Å²) in [5.74, 6) is -1.19. The number of esters is 1. The molecule has 1 saturated carbocycles. The Morgan fingerprint density at radius 2 is 2.00 bits per heavy atom. The summed E-state index contributed by atoms with van der Waals surface area (Å²) in [4.78, 5) is 47.8. The van der Waals surface area contributed by atoms with Gasteiger partial charge in [0, 0.05) is 18.2 Å². The lowest BCUT2D eigenvalue weighted by atomic mass is 10.1. The number of amides is 2. The molecule has 170 valence electrons. The van der Waals surface area contributed by atoms with E-state index in [2.05, 4.69) is 10.6 Å². The molecule has 1 aliphatic rings. The fourth-order valence-electron chi connectivity index (χ4n) is 3.22. The van der Waals surface area contributed by atoms with E-state index < -0.39 is 28.9 Å². The molecule has 0 heterocycles. The van der Waals surface area contributed by atoms with E-state index >= 15 is 0 Å². The predicted octanol–water partition coefficient (Wildman–Crippen LogP) is 3.09. The van der Waals surface area contributed by atoms with Crippen LogP contribution in [0.4, 0.5) is 5.69 Å². The van der Waals surface area contributed by atoms with Gasteiger partial charge in [0.15, 0.2) is 6.10 Å². The van der Waals surface area contributed by atoms with Crippen LogP contribution in [-0.4, -0.2) is 52.9 Å². The standard InChI is InChI=1S/C20H26ClN3O6S/c1-12(18(25)22-13-5-3-4-6-13)30-20(27)17(9-10-31-2)23-19(26)15-8-7-14(24(28)29)11-16(15)21/h7-8,11-13,17H,3-6,9-10H2,1-2H3,(H,22,25)(H,23,26). The molecule has 0 spiro atoms. The lowest BCUT2D eigenvalue weighted by Gasteiger charge is -2.21. The second-order valence-electron chi connectivity index (χ2n) is 7.30. The number of carbonyl (C=O) groups excluding carboxylic acids is 3. The van der Waals surface area contributed by atoms with Crippen LogP contribution in [0.15, 0.2) is 18.2 Å². The zero-order valence-corrected chi connectivity index (χ0v) is 19.0. The van der Waals surface area contributed by atoms with Crippen LogP contribution in [0.25, 0.3) is 0 Å². The number of benzene rings is 1. The summed E-state index contributed by atoms with van der Waals surface area (Å²) in [6.45, 7) is 1.49. The Hall–Kier alpha value is -2.33. The number of non-ortho nitro benzene ring substituents is 1. The Balaban J connectivity index is 2.02. The molecule has 2 rings (SSSR count). The quantitative estimate of drug-likeness (QED) is 0.305. The number of hydrogen-bond donors (Lipinski definition) is 2. The molecule has 1 aromatic rings. The SMILES string of the molecule is CSCCC(NC(=O)c1ccc([N+](=O)[O-])cc1Cl)C(=O)OC(C)C(=O)NC1CCCC1. The molecule has 1 fully saturated rings. The lowest BCUT2D eigenvalue weighted by molar-refractivity contribution is -0.384. The van der Waals surface area contributed by atoms with Crippen LogP contribution < -0.4 is 10.6 Å². The molecule has 0 radical (unpaired) electrons. The highest BCUT2D eigenvalue weighted by Gasteiger charge is 2.28. The van der Waals surface area contributed by atoms with E-state index in [1.165, 1.54) is 24.8 Å². The van der Waals surface area contributed by atoms with Gasteiger partial charge in [-0.1, -0.05) is 24.4 Å². The highest BCUT2D eigenvalue weighted by atomic mass is 35.5. The highest BCUT2D eigenvalue weighted by Crippen LogP contribution is 2.23. The van der Waals surface area contributed by atoms with Crippen LogP contribution in [0.2, 0.25) is 5.02 Å². The summed E-state index contributed by atoms with van der Waals surface area (Å²) in [6.07, 6.45) is 5.09. The van der Waals surface area contributed by atoms with E-state index in [9.17, 15) is 24.5 Å². The first-order valence-electron chi connectivity index (χ1n) is 9.97. The molecule has 31 heavy (non-hydrogen) atoms. The van der Waals surface area contributed by atoms with Crippen molar-refractivity contribution in [2.45, 2.75) is 57.2 Å². The zero-order valence-electron chi connectivity index (χ0n) is 17.4. The van der Waals surface area contributed by atoms with Crippen LogP contribution in [-0.2, 0) is 14.3 Å². The maximum Gasteiger partial charge on any atom is 0.329 e. The summed E-state index contributed by atoms with van der Waals surface area (Å²) >= 11 is 7.49. The second-order valence-corrected chi connectivity index (χ2v) is 8.69. The van der Waals surface area contributed by atoms with E-state index in [1.807, 2.05) is 6.26 Å². The summed E-state index contributed by atoms with van der Waals surface area (Å²) in [7, 11) is 0. The maximum absolute atomic E-state index is 12.6.